The largest absolute Gasteiger partial charge is 0.361 e. The normalized spacial score (nSPS) is 19.8. The van der Waals surface area contributed by atoms with E-state index < -0.39 is 11.6 Å². The van der Waals surface area contributed by atoms with Crippen LogP contribution in [-0.2, 0) is 4.79 Å². The molecular formula is C27H31F2N9O. The van der Waals surface area contributed by atoms with E-state index in [9.17, 15) is 9.18 Å². The summed E-state index contributed by atoms with van der Waals surface area (Å²) in [6.45, 7) is 7.57. The number of nitrogens with one attached hydrogen (secondary N) is 3. The van der Waals surface area contributed by atoms with Crippen LogP contribution in [0, 0.1) is 11.6 Å². The average molecular weight is 536 g/mol. The van der Waals surface area contributed by atoms with E-state index in [4.69, 9.17) is 0 Å². The number of piperidine rings is 1. The molecule has 6 rings (SSSR count). The lowest BCUT2D eigenvalue weighted by Gasteiger charge is -2.39. The van der Waals surface area contributed by atoms with Gasteiger partial charge in [0.05, 0.1) is 23.7 Å². The lowest BCUT2D eigenvalue weighted by molar-refractivity contribution is -0.119. The molecule has 204 valence electrons. The summed E-state index contributed by atoms with van der Waals surface area (Å²) < 4.78 is 29.8. The van der Waals surface area contributed by atoms with Crippen LogP contribution in [0.15, 0.2) is 30.5 Å². The Balaban J connectivity index is 1.18. The summed E-state index contributed by atoms with van der Waals surface area (Å²) in [6.07, 6.45) is 4.21. The molecule has 2 saturated heterocycles. The van der Waals surface area contributed by atoms with Crippen LogP contribution in [-0.4, -0.2) is 56.9 Å². The number of rotatable bonds is 5. The number of fused-ring (bicyclic) bond motifs is 1. The van der Waals surface area contributed by atoms with E-state index in [1.807, 2.05) is 31.7 Å². The predicted molar refractivity (Wildman–Crippen MR) is 145 cm³/mol. The van der Waals surface area contributed by atoms with E-state index in [-0.39, 0.29) is 35.3 Å². The maximum atomic E-state index is 15.0. The lowest BCUT2D eigenvalue weighted by Crippen LogP contribution is -2.51. The van der Waals surface area contributed by atoms with Crippen molar-refractivity contribution < 1.29 is 13.6 Å². The molecule has 1 spiro atoms. The van der Waals surface area contributed by atoms with Gasteiger partial charge in [0.25, 0.3) is 0 Å². The number of carbonyl (C=O) groups excluding carboxylic acids is 1. The topological polar surface area (TPSA) is 111 Å². The highest BCUT2D eigenvalue weighted by molar-refractivity contribution is 5.82. The van der Waals surface area contributed by atoms with Gasteiger partial charge in [-0.15, -0.1) is 10.2 Å². The van der Waals surface area contributed by atoms with Crippen LogP contribution in [0.3, 0.4) is 0 Å². The Labute approximate surface area is 225 Å². The van der Waals surface area contributed by atoms with Gasteiger partial charge in [0.15, 0.2) is 17.5 Å². The van der Waals surface area contributed by atoms with Crippen LogP contribution in [0.2, 0.25) is 0 Å². The molecule has 1 unspecified atom stereocenters. The highest BCUT2D eigenvalue weighted by atomic mass is 19.1. The first kappa shape index (κ1) is 25.2. The summed E-state index contributed by atoms with van der Waals surface area (Å²) in [5.41, 5.74) is 1.30. The van der Waals surface area contributed by atoms with Gasteiger partial charge >= 0.3 is 0 Å². The van der Waals surface area contributed by atoms with Gasteiger partial charge in [0.1, 0.15) is 11.5 Å². The van der Waals surface area contributed by atoms with Gasteiger partial charge in [-0.2, -0.15) is 0 Å². The quantitative estimate of drug-likeness (QED) is 0.443. The van der Waals surface area contributed by atoms with Gasteiger partial charge in [-0.25, -0.2) is 18.7 Å². The second kappa shape index (κ2) is 9.58. The van der Waals surface area contributed by atoms with Crippen LogP contribution < -0.4 is 25.8 Å². The number of benzene rings is 1. The second-order valence-corrected chi connectivity index (χ2v) is 10.8. The fourth-order valence-electron chi connectivity index (χ4n) is 5.91. The highest BCUT2D eigenvalue weighted by Crippen LogP contribution is 2.41. The van der Waals surface area contributed by atoms with Crippen molar-refractivity contribution in [2.45, 2.75) is 64.2 Å². The molecule has 1 atom stereocenters. The van der Waals surface area contributed by atoms with E-state index in [1.54, 1.807) is 12.1 Å². The lowest BCUT2D eigenvalue weighted by atomic mass is 9.86. The molecule has 0 bridgehead atoms. The molecule has 39 heavy (non-hydrogen) atoms. The van der Waals surface area contributed by atoms with E-state index >= 15 is 4.39 Å². The number of anilines is 5. The summed E-state index contributed by atoms with van der Waals surface area (Å²) in [6, 6.07) is 6.77. The predicted octanol–water partition coefficient (Wildman–Crippen LogP) is 4.19. The second-order valence-electron chi connectivity index (χ2n) is 10.8. The first-order chi connectivity index (χ1) is 18.7. The zero-order valence-electron chi connectivity index (χ0n) is 22.1. The molecule has 3 aliphatic heterocycles. The number of halogens is 2. The highest BCUT2D eigenvalue weighted by Gasteiger charge is 2.40. The molecule has 1 amide bonds. The smallest absolute Gasteiger partial charge is 0.229 e. The van der Waals surface area contributed by atoms with E-state index in [1.165, 1.54) is 6.07 Å². The van der Waals surface area contributed by atoms with Gasteiger partial charge < -0.3 is 25.8 Å². The Morgan fingerprint density at radius 2 is 1.90 bits per heavy atom. The standard InChI is InChI=1S/C27H31F2N9O/c1-15(2)38-16(3)31-25-18(28)12-17(13-20(25)38)24-19(29)14-30-26(33-24)32-21-4-5-22(36-35-21)37-10-8-27(9-11-37)7-6-23(39)34-27/h4-5,12-16,31H,6-11H2,1-3H3,(H,34,39)(H,30,32,33,35). The molecule has 3 aromatic rings. The van der Waals surface area contributed by atoms with Gasteiger partial charge in [0, 0.05) is 36.7 Å². The van der Waals surface area contributed by atoms with Crippen molar-refractivity contribution in [2.24, 2.45) is 0 Å². The Morgan fingerprint density at radius 1 is 1.10 bits per heavy atom. The molecule has 0 aliphatic carbocycles. The molecule has 10 nitrogen and oxygen atoms in total. The van der Waals surface area contributed by atoms with Crippen molar-refractivity contribution in [1.29, 1.82) is 0 Å². The molecule has 3 N–H and O–H groups in total. The molecule has 3 aliphatic rings. The van der Waals surface area contributed by atoms with Gasteiger partial charge in [-0.3, -0.25) is 4.79 Å². The Hall–Kier alpha value is -4.09. The summed E-state index contributed by atoms with van der Waals surface area (Å²) in [5.74, 6) is 0.278. The van der Waals surface area contributed by atoms with Crippen LogP contribution in [0.4, 0.5) is 37.7 Å². The van der Waals surface area contributed by atoms with Gasteiger partial charge in [0.2, 0.25) is 11.9 Å². The molecular weight excluding hydrogens is 504 g/mol. The van der Waals surface area contributed by atoms with Crippen LogP contribution >= 0.6 is 0 Å². The van der Waals surface area contributed by atoms with Crippen molar-refractivity contribution in [3.8, 4) is 11.3 Å². The summed E-state index contributed by atoms with van der Waals surface area (Å²) in [5, 5.41) is 17.9. The minimum absolute atomic E-state index is 0.0108. The van der Waals surface area contributed by atoms with E-state index in [0.29, 0.717) is 29.2 Å². The first-order valence-electron chi connectivity index (χ1n) is 13.3. The Morgan fingerprint density at radius 3 is 2.56 bits per heavy atom. The Kier molecular flexibility index (Phi) is 6.19. The van der Waals surface area contributed by atoms with Crippen molar-refractivity contribution in [3.05, 3.63) is 42.1 Å². The van der Waals surface area contributed by atoms with Crippen LogP contribution in [0.1, 0.15) is 46.5 Å². The molecule has 2 fully saturated rings. The van der Waals surface area contributed by atoms with Gasteiger partial charge in [-0.1, -0.05) is 0 Å². The Bertz CT molecular complexity index is 1410. The number of nitrogens with zero attached hydrogens (tertiary/aromatic N) is 6. The first-order valence-corrected chi connectivity index (χ1v) is 13.3. The summed E-state index contributed by atoms with van der Waals surface area (Å²) >= 11 is 0. The number of aromatic nitrogens is 4. The fourth-order valence-corrected chi connectivity index (χ4v) is 5.91. The number of amides is 1. The SMILES string of the molecule is CC(C)N1c2cc(-c3nc(Nc4ccc(N5CCC6(CCC(=O)N6)CC5)nn4)ncc3F)cc(F)c2NC1C. The third-order valence-corrected chi connectivity index (χ3v) is 7.86. The molecule has 2 aromatic heterocycles. The van der Waals surface area contributed by atoms with E-state index in [2.05, 4.69) is 41.0 Å². The minimum Gasteiger partial charge on any atom is -0.361 e. The van der Waals surface area contributed by atoms with E-state index in [0.717, 1.165) is 44.4 Å². The maximum absolute atomic E-state index is 15.0. The molecule has 0 radical (unpaired) electrons. The van der Waals surface area contributed by atoms with Crippen LogP contribution in [0.5, 0.6) is 0 Å². The van der Waals surface area contributed by atoms with Crippen LogP contribution in [0.25, 0.3) is 11.3 Å². The zero-order valence-corrected chi connectivity index (χ0v) is 22.1. The number of hydrogen-bond acceptors (Lipinski definition) is 9. The van der Waals surface area contributed by atoms with Gasteiger partial charge in [-0.05, 0) is 64.3 Å². The van der Waals surface area contributed by atoms with Crippen molar-refractivity contribution >= 4 is 34.9 Å². The molecule has 0 saturated carbocycles. The number of hydrogen-bond donors (Lipinski definition) is 3. The summed E-state index contributed by atoms with van der Waals surface area (Å²) in [7, 11) is 0. The number of carbonyl (C=O) groups is 1. The third-order valence-electron chi connectivity index (χ3n) is 7.86. The molecule has 1 aromatic carbocycles. The summed E-state index contributed by atoms with van der Waals surface area (Å²) in [4.78, 5) is 24.3. The minimum atomic E-state index is -0.655. The van der Waals surface area contributed by atoms with Crippen molar-refractivity contribution in [1.82, 2.24) is 25.5 Å². The fraction of sp³-hybridized carbons (Fsp3) is 0.444. The van der Waals surface area contributed by atoms with Crippen molar-refractivity contribution in [2.75, 3.05) is 33.5 Å². The zero-order chi connectivity index (χ0) is 27.3. The monoisotopic (exact) mass is 535 g/mol. The average Bonchev–Trinajstić information content (AvgIpc) is 3.45. The molecule has 5 heterocycles. The van der Waals surface area contributed by atoms with Crippen molar-refractivity contribution in [3.63, 3.8) is 0 Å². The maximum Gasteiger partial charge on any atom is 0.229 e. The third kappa shape index (κ3) is 4.68. The molecule has 12 heteroatoms.